The number of hydrazone groups is 1. The van der Waals surface area contributed by atoms with Crippen molar-refractivity contribution in [1.82, 2.24) is 10.7 Å². The standard InChI is InChI=1S/C31H29N5O6S/c1-2-42-31(39)34-26(23-9-4-3-5-10-23)18-29(37)35-32-19-21-12-15-28(27(16-21)36(40)41)43-20-30(38)33-25-14-13-22-8-6-7-11-24(22)17-25/h3-17,19,26H,2,18,20H2,1H3,(H,33,38)(H,34,39)(H,35,37)/b32-19-/t26-/m1/s1. The van der Waals surface area contributed by atoms with Gasteiger partial charge in [0.2, 0.25) is 11.8 Å². The molecule has 0 bridgehead atoms. The third-order valence-corrected chi connectivity index (χ3v) is 7.20. The number of carbonyl (C=O) groups excluding carboxylic acids is 3. The monoisotopic (exact) mass is 599 g/mol. The lowest BCUT2D eigenvalue weighted by Crippen LogP contribution is -2.33. The number of nitro benzene ring substituents is 1. The number of carbonyl (C=O) groups is 3. The minimum atomic E-state index is -0.649. The molecule has 0 aliphatic rings. The van der Waals surface area contributed by atoms with Crippen molar-refractivity contribution >= 4 is 58.0 Å². The van der Waals surface area contributed by atoms with Crippen LogP contribution in [0.4, 0.5) is 16.2 Å². The summed E-state index contributed by atoms with van der Waals surface area (Å²) in [7, 11) is 0. The molecule has 11 nitrogen and oxygen atoms in total. The van der Waals surface area contributed by atoms with Gasteiger partial charge in [-0.05, 0) is 41.5 Å². The molecule has 3 amide bonds. The molecule has 3 N–H and O–H groups in total. The Morgan fingerprint density at radius 3 is 2.44 bits per heavy atom. The van der Waals surface area contributed by atoms with Gasteiger partial charge in [-0.15, -0.1) is 11.8 Å². The highest BCUT2D eigenvalue weighted by Gasteiger charge is 2.19. The van der Waals surface area contributed by atoms with Crippen LogP contribution in [0.5, 0.6) is 0 Å². The topological polar surface area (TPSA) is 152 Å². The van der Waals surface area contributed by atoms with Gasteiger partial charge in [0.1, 0.15) is 0 Å². The lowest BCUT2D eigenvalue weighted by Gasteiger charge is -2.18. The molecule has 1 atom stereocenters. The Labute approximate surface area is 251 Å². The minimum Gasteiger partial charge on any atom is -0.450 e. The van der Waals surface area contributed by atoms with Crippen LogP contribution in [0, 0.1) is 10.1 Å². The van der Waals surface area contributed by atoms with Gasteiger partial charge in [0.15, 0.2) is 0 Å². The molecule has 0 spiro atoms. The largest absolute Gasteiger partial charge is 0.450 e. The summed E-state index contributed by atoms with van der Waals surface area (Å²) in [6, 6.07) is 26.1. The maximum atomic E-state index is 12.6. The molecule has 0 aliphatic heterocycles. The van der Waals surface area contributed by atoms with Gasteiger partial charge in [0, 0.05) is 17.3 Å². The number of nitro groups is 1. The van der Waals surface area contributed by atoms with E-state index in [0.717, 1.165) is 22.5 Å². The number of anilines is 1. The Morgan fingerprint density at radius 2 is 1.70 bits per heavy atom. The number of nitrogens with one attached hydrogen (secondary N) is 3. The number of nitrogens with zero attached hydrogens (tertiary/aromatic N) is 2. The second kappa shape index (κ2) is 15.1. The summed E-state index contributed by atoms with van der Waals surface area (Å²) in [4.78, 5) is 48.6. The van der Waals surface area contributed by atoms with E-state index in [9.17, 15) is 24.5 Å². The Morgan fingerprint density at radius 1 is 0.953 bits per heavy atom. The number of alkyl carbamates (subject to hydrolysis) is 1. The fourth-order valence-corrected chi connectivity index (χ4v) is 4.95. The van der Waals surface area contributed by atoms with Crippen LogP contribution in [0.15, 0.2) is 101 Å². The number of amides is 3. The average molecular weight is 600 g/mol. The Hall–Kier alpha value is -5.23. The predicted octanol–water partition coefficient (Wildman–Crippen LogP) is 5.81. The van der Waals surface area contributed by atoms with Gasteiger partial charge in [0.05, 0.1) is 40.9 Å². The maximum absolute atomic E-state index is 12.6. The number of benzene rings is 4. The van der Waals surface area contributed by atoms with E-state index in [4.69, 9.17) is 4.74 Å². The molecule has 0 unspecified atom stereocenters. The molecule has 0 radical (unpaired) electrons. The Balaban J connectivity index is 1.34. The van der Waals surface area contributed by atoms with Crippen LogP contribution in [0.2, 0.25) is 0 Å². The number of ether oxygens (including phenoxy) is 1. The molecule has 12 heteroatoms. The van der Waals surface area contributed by atoms with E-state index in [2.05, 4.69) is 21.2 Å². The van der Waals surface area contributed by atoms with E-state index < -0.39 is 23.0 Å². The average Bonchev–Trinajstić information content (AvgIpc) is 3.00. The van der Waals surface area contributed by atoms with Gasteiger partial charge < -0.3 is 15.4 Å². The second-order valence-corrected chi connectivity index (χ2v) is 10.2. The highest BCUT2D eigenvalue weighted by atomic mass is 32.2. The van der Waals surface area contributed by atoms with Crippen LogP contribution in [0.1, 0.15) is 30.5 Å². The summed E-state index contributed by atoms with van der Waals surface area (Å²) in [5, 5.41) is 23.2. The third-order valence-electron chi connectivity index (χ3n) is 6.13. The molecule has 0 saturated heterocycles. The van der Waals surface area contributed by atoms with Gasteiger partial charge in [-0.3, -0.25) is 19.7 Å². The van der Waals surface area contributed by atoms with Crippen molar-refractivity contribution in [2.45, 2.75) is 24.3 Å². The van der Waals surface area contributed by atoms with Crippen molar-refractivity contribution in [3.63, 3.8) is 0 Å². The first kappa shape index (κ1) is 30.7. The van der Waals surface area contributed by atoms with Gasteiger partial charge in [-0.2, -0.15) is 5.10 Å². The predicted molar refractivity (Wildman–Crippen MR) is 166 cm³/mol. The smallest absolute Gasteiger partial charge is 0.407 e. The fraction of sp³-hybridized carbons (Fsp3) is 0.161. The van der Waals surface area contributed by atoms with Crippen molar-refractivity contribution < 1.29 is 24.0 Å². The molecule has 0 aliphatic carbocycles. The number of thioether (sulfide) groups is 1. The van der Waals surface area contributed by atoms with Crippen LogP contribution < -0.4 is 16.1 Å². The van der Waals surface area contributed by atoms with E-state index in [1.807, 2.05) is 42.5 Å². The molecular formula is C31H29N5O6S. The molecule has 4 aromatic carbocycles. The zero-order valence-corrected chi connectivity index (χ0v) is 24.0. The lowest BCUT2D eigenvalue weighted by molar-refractivity contribution is -0.387. The molecule has 0 fully saturated rings. The van der Waals surface area contributed by atoms with Crippen molar-refractivity contribution in [2.24, 2.45) is 5.10 Å². The van der Waals surface area contributed by atoms with Gasteiger partial charge in [-0.1, -0.05) is 66.7 Å². The lowest BCUT2D eigenvalue weighted by atomic mass is 10.0. The van der Waals surface area contributed by atoms with E-state index >= 15 is 0 Å². The summed E-state index contributed by atoms with van der Waals surface area (Å²) in [6.45, 7) is 1.87. The van der Waals surface area contributed by atoms with Crippen molar-refractivity contribution in [3.05, 3.63) is 112 Å². The van der Waals surface area contributed by atoms with Crippen LogP contribution in [0.25, 0.3) is 10.8 Å². The van der Waals surface area contributed by atoms with Gasteiger partial charge in [0.25, 0.3) is 5.69 Å². The summed E-state index contributed by atoms with van der Waals surface area (Å²) in [5.41, 5.74) is 3.92. The van der Waals surface area contributed by atoms with Crippen LogP contribution in [-0.2, 0) is 14.3 Å². The first-order chi connectivity index (χ1) is 20.8. The van der Waals surface area contributed by atoms with Crippen molar-refractivity contribution in [1.29, 1.82) is 0 Å². The minimum absolute atomic E-state index is 0.0282. The molecule has 220 valence electrons. The van der Waals surface area contributed by atoms with E-state index in [1.54, 1.807) is 43.3 Å². The Kier molecular flexibility index (Phi) is 10.8. The molecule has 4 aromatic rings. The second-order valence-electron chi connectivity index (χ2n) is 9.21. The summed E-state index contributed by atoms with van der Waals surface area (Å²) in [6.07, 6.45) is 0.517. The van der Waals surface area contributed by atoms with E-state index in [0.29, 0.717) is 21.7 Å². The molecule has 43 heavy (non-hydrogen) atoms. The summed E-state index contributed by atoms with van der Waals surface area (Å²) in [5.74, 6) is -0.810. The van der Waals surface area contributed by atoms with Gasteiger partial charge >= 0.3 is 6.09 Å². The number of hydrogen-bond acceptors (Lipinski definition) is 8. The molecule has 0 aromatic heterocycles. The van der Waals surface area contributed by atoms with Crippen LogP contribution in [-0.4, -0.2) is 41.4 Å². The molecular weight excluding hydrogens is 570 g/mol. The van der Waals surface area contributed by atoms with Crippen LogP contribution >= 0.6 is 11.8 Å². The third kappa shape index (κ3) is 9.13. The molecule has 0 saturated carbocycles. The van der Waals surface area contributed by atoms with E-state index in [1.165, 1.54) is 18.3 Å². The number of fused-ring (bicyclic) bond motifs is 1. The van der Waals surface area contributed by atoms with Crippen LogP contribution in [0.3, 0.4) is 0 Å². The quantitative estimate of drug-likeness (QED) is 0.0805. The fourth-order valence-electron chi connectivity index (χ4n) is 4.15. The molecule has 0 heterocycles. The zero-order valence-electron chi connectivity index (χ0n) is 23.2. The highest BCUT2D eigenvalue weighted by molar-refractivity contribution is 8.00. The van der Waals surface area contributed by atoms with E-state index in [-0.39, 0.29) is 30.4 Å². The normalized spacial score (nSPS) is 11.6. The first-order valence-corrected chi connectivity index (χ1v) is 14.3. The summed E-state index contributed by atoms with van der Waals surface area (Å²) >= 11 is 1.04. The van der Waals surface area contributed by atoms with Gasteiger partial charge in [-0.25, -0.2) is 10.2 Å². The maximum Gasteiger partial charge on any atom is 0.407 e. The SMILES string of the molecule is CCOC(=O)N[C@H](CC(=O)N/N=C\c1ccc(SCC(=O)Nc2ccc3ccccc3c2)c([N+](=O)[O-])c1)c1ccccc1. The first-order valence-electron chi connectivity index (χ1n) is 13.3. The van der Waals surface area contributed by atoms with Crippen molar-refractivity contribution in [3.8, 4) is 0 Å². The number of hydrogen-bond donors (Lipinski definition) is 3. The zero-order chi connectivity index (χ0) is 30.6. The summed E-state index contributed by atoms with van der Waals surface area (Å²) < 4.78 is 4.94. The molecule has 4 rings (SSSR count). The number of rotatable bonds is 12. The highest BCUT2D eigenvalue weighted by Crippen LogP contribution is 2.30. The Bertz CT molecular complexity index is 1650. The van der Waals surface area contributed by atoms with Crippen molar-refractivity contribution in [2.75, 3.05) is 17.7 Å².